The minimum Gasteiger partial charge on any atom is -0.461 e. The molecule has 3 N–H and O–H groups in total. The van der Waals surface area contributed by atoms with Crippen LogP contribution >= 0.6 is 11.6 Å². The largest absolute Gasteiger partial charge is 0.461 e. The first-order valence-corrected chi connectivity index (χ1v) is 16.4. The van der Waals surface area contributed by atoms with Gasteiger partial charge in [0.15, 0.2) is 11.2 Å². The average Bonchev–Trinajstić information content (AvgIpc) is 3.30. The van der Waals surface area contributed by atoms with Crippen LogP contribution in [0.3, 0.4) is 0 Å². The van der Waals surface area contributed by atoms with Gasteiger partial charge in [0.05, 0.1) is 12.2 Å². The summed E-state index contributed by atoms with van der Waals surface area (Å²) in [4.78, 5) is 25.3. The lowest BCUT2D eigenvalue weighted by Crippen LogP contribution is -2.64. The number of aliphatic hydroxyl groups excluding tert-OH is 2. The molecule has 12 unspecified atom stereocenters. The molecule has 4 aliphatic rings. The topological polar surface area (TPSA) is 113 Å². The number of esters is 2. The monoisotopic (exact) mass is 604 g/mol. The maximum atomic E-state index is 12.7. The summed E-state index contributed by atoms with van der Waals surface area (Å²) in [6.07, 6.45) is 4.19. The summed E-state index contributed by atoms with van der Waals surface area (Å²) in [5, 5.41) is 34.8. The molecule has 7 nitrogen and oxygen atoms in total. The van der Waals surface area contributed by atoms with Gasteiger partial charge in [0.1, 0.15) is 6.61 Å². The fourth-order valence-electron chi connectivity index (χ4n) is 9.94. The van der Waals surface area contributed by atoms with Crippen molar-refractivity contribution in [3.63, 3.8) is 0 Å². The Balaban J connectivity index is 1.25. The number of hydrogen-bond acceptors (Lipinski definition) is 7. The molecule has 1 aromatic rings. The van der Waals surface area contributed by atoms with Crippen LogP contribution in [0.5, 0.6) is 0 Å². The number of alkyl halides is 1. The Labute approximate surface area is 255 Å². The number of carbonyl (C=O) groups excluding carboxylic acids is 2. The van der Waals surface area contributed by atoms with Gasteiger partial charge in [-0.15, -0.1) is 0 Å². The normalized spacial score (nSPS) is 42.4. The van der Waals surface area contributed by atoms with Crippen molar-refractivity contribution in [1.29, 1.82) is 0 Å². The van der Waals surface area contributed by atoms with Crippen LogP contribution in [0.4, 0.5) is 0 Å². The standard InChI is InChI=1S/C34H49ClO7/c1-20(10-13-29(38)41-19-22-8-6-5-7-9-22)24-11-12-25-30-26(17-28(37)33(24,25)4)32(3)14-15-34(40,31(39)42-21(2)35)18-23(32)16-27(30)36/h5-9,20-21,23-28,30,36-37,40H,10-19H2,1-4H3. The number of rotatable bonds is 8. The van der Waals surface area contributed by atoms with Gasteiger partial charge in [0, 0.05) is 6.42 Å². The lowest BCUT2D eigenvalue weighted by atomic mass is 9.42. The Morgan fingerprint density at radius 1 is 1.05 bits per heavy atom. The van der Waals surface area contributed by atoms with Crippen LogP contribution in [0.15, 0.2) is 30.3 Å². The molecular formula is C34H49ClO7. The maximum absolute atomic E-state index is 12.7. The molecule has 0 heterocycles. The van der Waals surface area contributed by atoms with Gasteiger partial charge in [-0.2, -0.15) is 0 Å². The third kappa shape index (κ3) is 5.64. The third-order valence-electron chi connectivity index (χ3n) is 12.3. The fourth-order valence-corrected chi connectivity index (χ4v) is 10.0. The van der Waals surface area contributed by atoms with Gasteiger partial charge in [-0.3, -0.25) is 4.79 Å². The Bertz CT molecular complexity index is 1130. The SMILES string of the molecule is CC(Cl)OC(=O)C1(O)CCC2(C)C(CC(O)C3C2CC(O)C2(C)C(C(C)CCC(=O)OCc4ccccc4)CCC32)C1. The van der Waals surface area contributed by atoms with Gasteiger partial charge in [-0.1, -0.05) is 62.7 Å². The van der Waals surface area contributed by atoms with Crippen molar-refractivity contribution in [3.05, 3.63) is 35.9 Å². The summed E-state index contributed by atoms with van der Waals surface area (Å²) < 4.78 is 10.7. The molecule has 0 spiro atoms. The van der Waals surface area contributed by atoms with Crippen LogP contribution in [-0.4, -0.2) is 50.6 Å². The second kappa shape index (κ2) is 12.0. The number of hydrogen-bond donors (Lipinski definition) is 3. The van der Waals surface area contributed by atoms with Crippen molar-refractivity contribution >= 4 is 23.5 Å². The predicted molar refractivity (Wildman–Crippen MR) is 159 cm³/mol. The molecular weight excluding hydrogens is 556 g/mol. The molecule has 4 aliphatic carbocycles. The van der Waals surface area contributed by atoms with Gasteiger partial charge in [0.2, 0.25) is 0 Å². The van der Waals surface area contributed by atoms with E-state index >= 15 is 0 Å². The lowest BCUT2D eigenvalue weighted by Gasteiger charge is -2.64. The Morgan fingerprint density at radius 3 is 2.45 bits per heavy atom. The number of halogens is 1. The smallest absolute Gasteiger partial charge is 0.339 e. The van der Waals surface area contributed by atoms with Gasteiger partial charge >= 0.3 is 11.9 Å². The Morgan fingerprint density at radius 2 is 1.76 bits per heavy atom. The molecule has 0 bridgehead atoms. The number of carbonyl (C=O) groups is 2. The highest BCUT2D eigenvalue weighted by Gasteiger charge is 2.67. The summed E-state index contributed by atoms with van der Waals surface area (Å²) >= 11 is 5.88. The number of fused-ring (bicyclic) bond motifs is 5. The summed E-state index contributed by atoms with van der Waals surface area (Å²) in [5.41, 5.74) is -1.98. The van der Waals surface area contributed by atoms with Crippen LogP contribution < -0.4 is 0 Å². The maximum Gasteiger partial charge on any atom is 0.339 e. The molecule has 0 saturated heterocycles. The van der Waals surface area contributed by atoms with Crippen molar-refractivity contribution in [2.24, 2.45) is 46.3 Å². The second-order valence-corrected chi connectivity index (χ2v) is 15.1. The zero-order chi connectivity index (χ0) is 30.4. The minimum absolute atomic E-state index is 0.0553. The summed E-state index contributed by atoms with van der Waals surface area (Å²) in [6.45, 7) is 8.48. The molecule has 1 aromatic carbocycles. The van der Waals surface area contributed by atoms with Crippen molar-refractivity contribution in [2.45, 2.75) is 115 Å². The minimum atomic E-state index is -1.60. The van der Waals surface area contributed by atoms with Crippen molar-refractivity contribution in [1.82, 2.24) is 0 Å². The fraction of sp³-hybridized carbons (Fsp3) is 0.765. The molecule has 12 atom stereocenters. The van der Waals surface area contributed by atoms with E-state index in [-0.39, 0.29) is 65.3 Å². The van der Waals surface area contributed by atoms with Gasteiger partial charge < -0.3 is 24.8 Å². The Kier molecular flexibility index (Phi) is 9.09. The van der Waals surface area contributed by atoms with Crippen LogP contribution in [0.1, 0.15) is 91.0 Å². The highest BCUT2D eigenvalue weighted by molar-refractivity contribution is 6.20. The van der Waals surface area contributed by atoms with Crippen LogP contribution in [0.25, 0.3) is 0 Å². The number of benzene rings is 1. The van der Waals surface area contributed by atoms with Crippen molar-refractivity contribution < 1.29 is 34.4 Å². The molecule has 0 aromatic heterocycles. The first-order chi connectivity index (χ1) is 19.8. The summed E-state index contributed by atoms with van der Waals surface area (Å²) in [7, 11) is 0. The molecule has 4 fully saturated rings. The second-order valence-electron chi connectivity index (χ2n) is 14.4. The molecule has 0 aliphatic heterocycles. The molecule has 0 amide bonds. The van der Waals surface area contributed by atoms with Crippen LogP contribution in [-0.2, 0) is 25.7 Å². The van der Waals surface area contributed by atoms with E-state index in [1.165, 1.54) is 0 Å². The Hall–Kier alpha value is -1.67. The predicted octanol–water partition coefficient (Wildman–Crippen LogP) is 5.61. The summed E-state index contributed by atoms with van der Waals surface area (Å²) in [6, 6.07) is 9.68. The lowest BCUT2D eigenvalue weighted by molar-refractivity contribution is -0.220. The molecule has 8 heteroatoms. The quantitative estimate of drug-likeness (QED) is 0.261. The zero-order valence-corrected chi connectivity index (χ0v) is 26.3. The van der Waals surface area contributed by atoms with E-state index in [2.05, 4.69) is 20.8 Å². The van der Waals surface area contributed by atoms with E-state index in [1.54, 1.807) is 6.92 Å². The van der Waals surface area contributed by atoms with Crippen LogP contribution in [0, 0.1) is 46.3 Å². The van der Waals surface area contributed by atoms with E-state index in [0.29, 0.717) is 38.5 Å². The van der Waals surface area contributed by atoms with Crippen molar-refractivity contribution in [2.75, 3.05) is 0 Å². The van der Waals surface area contributed by atoms with Gasteiger partial charge in [-0.05, 0) is 110 Å². The van der Waals surface area contributed by atoms with Crippen molar-refractivity contribution in [3.8, 4) is 0 Å². The molecule has 0 radical (unpaired) electrons. The van der Waals surface area contributed by atoms with E-state index < -0.39 is 29.3 Å². The molecule has 234 valence electrons. The molecule has 42 heavy (non-hydrogen) atoms. The van der Waals surface area contributed by atoms with Gasteiger partial charge in [-0.25, -0.2) is 4.79 Å². The van der Waals surface area contributed by atoms with Crippen LogP contribution in [0.2, 0.25) is 0 Å². The van der Waals surface area contributed by atoms with Gasteiger partial charge in [0.25, 0.3) is 0 Å². The van der Waals surface area contributed by atoms with E-state index in [1.807, 2.05) is 30.3 Å². The first-order valence-electron chi connectivity index (χ1n) is 15.9. The summed E-state index contributed by atoms with van der Waals surface area (Å²) in [5.74, 6) is -0.0990. The number of aliphatic hydroxyl groups is 3. The highest BCUT2D eigenvalue weighted by atomic mass is 35.5. The third-order valence-corrected chi connectivity index (χ3v) is 12.4. The zero-order valence-electron chi connectivity index (χ0n) is 25.5. The highest BCUT2D eigenvalue weighted by Crippen LogP contribution is 2.69. The first kappa shape index (κ1) is 31.7. The number of ether oxygens (including phenoxy) is 2. The van der Waals surface area contributed by atoms with E-state index in [4.69, 9.17) is 21.1 Å². The van der Waals surface area contributed by atoms with E-state index in [9.17, 15) is 24.9 Å². The molecule has 4 saturated carbocycles. The average molecular weight is 605 g/mol. The molecule has 5 rings (SSSR count). The van der Waals surface area contributed by atoms with E-state index in [0.717, 1.165) is 18.4 Å².